The van der Waals surface area contributed by atoms with Gasteiger partial charge in [-0.1, -0.05) is 19.3 Å². The first-order valence-electron chi connectivity index (χ1n) is 3.41. The summed E-state index contributed by atoms with van der Waals surface area (Å²) in [7, 11) is 0. The third-order valence-corrected chi connectivity index (χ3v) is 1.20. The predicted octanol–water partition coefficient (Wildman–Crippen LogP) is 1.73. The van der Waals surface area contributed by atoms with Crippen LogP contribution < -0.4 is 5.73 Å². The van der Waals surface area contributed by atoms with Gasteiger partial charge >= 0.3 is 0 Å². The quantitative estimate of drug-likeness (QED) is 0.545. The molecule has 0 heterocycles. The molecule has 0 fully saturated rings. The second-order valence-electron chi connectivity index (χ2n) is 2.06. The van der Waals surface area contributed by atoms with E-state index in [1.165, 1.54) is 25.7 Å². The molecule has 1 radical (unpaired) electrons. The summed E-state index contributed by atoms with van der Waals surface area (Å²) in [4.78, 5) is 0. The summed E-state index contributed by atoms with van der Waals surface area (Å²) < 4.78 is 0. The van der Waals surface area contributed by atoms with E-state index in [1.54, 1.807) is 0 Å². The average Bonchev–Trinajstić information content (AvgIpc) is 1.81. The molecule has 0 saturated heterocycles. The minimum absolute atomic E-state index is 0. The van der Waals surface area contributed by atoms with E-state index >= 15 is 0 Å². The molecule has 0 unspecified atom stereocenters. The van der Waals surface area contributed by atoms with Crippen LogP contribution in [-0.4, -0.2) is 6.54 Å². The summed E-state index contributed by atoms with van der Waals surface area (Å²) >= 11 is 0. The van der Waals surface area contributed by atoms with Crippen molar-refractivity contribution in [1.82, 2.24) is 0 Å². The van der Waals surface area contributed by atoms with Crippen molar-refractivity contribution in [3.05, 3.63) is 6.92 Å². The van der Waals surface area contributed by atoms with E-state index in [2.05, 4.69) is 6.92 Å². The second kappa shape index (κ2) is 11.4. The number of unbranched alkanes of at least 4 members (excludes halogenated alkanes) is 4. The zero-order valence-electron chi connectivity index (χ0n) is 5.91. The summed E-state index contributed by atoms with van der Waals surface area (Å²) in [5.41, 5.74) is 5.30. The molecule has 0 aliphatic carbocycles. The van der Waals surface area contributed by atoms with Gasteiger partial charge in [0, 0.05) is 20.1 Å². The summed E-state index contributed by atoms with van der Waals surface area (Å²) in [6.45, 7) is 4.60. The Morgan fingerprint density at radius 1 is 1.00 bits per heavy atom. The van der Waals surface area contributed by atoms with Gasteiger partial charge in [0.25, 0.3) is 0 Å². The second-order valence-corrected chi connectivity index (χ2v) is 2.06. The molecule has 0 aromatic heterocycles. The van der Waals surface area contributed by atoms with Crippen molar-refractivity contribution in [2.24, 2.45) is 5.73 Å². The van der Waals surface area contributed by atoms with E-state index in [-0.39, 0.29) is 20.1 Å². The fraction of sp³-hybridized carbons (Fsp3) is 0.857. The van der Waals surface area contributed by atoms with Gasteiger partial charge in [-0.3, -0.25) is 0 Å². The predicted molar refractivity (Wildman–Crippen MR) is 37.5 cm³/mol. The van der Waals surface area contributed by atoms with Gasteiger partial charge in [-0.2, -0.15) is 6.42 Å². The fourth-order valence-corrected chi connectivity index (χ4v) is 0.675. The number of rotatable bonds is 5. The van der Waals surface area contributed by atoms with Crippen molar-refractivity contribution in [1.29, 1.82) is 0 Å². The zero-order valence-corrected chi connectivity index (χ0v) is 7.76. The van der Waals surface area contributed by atoms with Gasteiger partial charge in [-0.05, 0) is 13.0 Å². The van der Waals surface area contributed by atoms with Crippen molar-refractivity contribution >= 4 is 0 Å². The van der Waals surface area contributed by atoms with Crippen LogP contribution in [0, 0.1) is 6.92 Å². The van der Waals surface area contributed by atoms with E-state index in [0.29, 0.717) is 0 Å². The largest absolute Gasteiger partial charge is 0.343 e. The Morgan fingerprint density at radius 2 is 1.56 bits per heavy atom. The Bertz CT molecular complexity index is 33.9. The van der Waals surface area contributed by atoms with E-state index < -0.39 is 0 Å². The molecule has 57 valence electrons. The molecular weight excluding hydrogens is 196 g/mol. The van der Waals surface area contributed by atoms with Gasteiger partial charge in [-0.25, -0.2) is 0 Å². The Kier molecular flexibility index (Phi) is 15.6. The fourth-order valence-electron chi connectivity index (χ4n) is 0.675. The topological polar surface area (TPSA) is 26.0 Å². The maximum atomic E-state index is 5.30. The summed E-state index contributed by atoms with van der Waals surface area (Å²) in [6.07, 6.45) is 6.11. The Labute approximate surface area is 71.7 Å². The molecule has 0 saturated carbocycles. The first kappa shape index (κ1) is 12.3. The van der Waals surface area contributed by atoms with Crippen molar-refractivity contribution in [3.8, 4) is 0 Å². The molecule has 2 N–H and O–H groups in total. The minimum Gasteiger partial charge on any atom is -0.343 e. The molecule has 1 nitrogen and oxygen atoms in total. The third kappa shape index (κ3) is 12.0. The van der Waals surface area contributed by atoms with Crippen LogP contribution in [0.3, 0.4) is 0 Å². The number of hydrogen-bond donors (Lipinski definition) is 1. The maximum Gasteiger partial charge on any atom is 0 e. The summed E-state index contributed by atoms with van der Waals surface area (Å²) in [6, 6.07) is 0. The molecule has 9 heavy (non-hydrogen) atoms. The maximum absolute atomic E-state index is 5.30. The average molecular weight is 212 g/mol. The Hall–Kier alpha value is 0.609. The minimum atomic E-state index is 0. The van der Waals surface area contributed by atoms with E-state index in [0.717, 1.165) is 13.0 Å². The van der Waals surface area contributed by atoms with Crippen molar-refractivity contribution < 1.29 is 20.1 Å². The molecule has 0 atom stereocenters. The van der Waals surface area contributed by atoms with Crippen LogP contribution in [-0.2, 0) is 20.1 Å². The first-order valence-corrected chi connectivity index (χ1v) is 3.41. The van der Waals surface area contributed by atoms with Gasteiger partial charge in [0.05, 0.1) is 0 Å². The molecule has 0 aliphatic rings. The Morgan fingerprint density at radius 3 is 2.00 bits per heavy atom. The molecule has 0 spiro atoms. The number of nitrogens with two attached hydrogens (primary N) is 1. The normalized spacial score (nSPS) is 8.67. The molecule has 2 heteroatoms. The van der Waals surface area contributed by atoms with Crippen molar-refractivity contribution in [2.75, 3.05) is 6.54 Å². The van der Waals surface area contributed by atoms with Crippen LogP contribution in [0.2, 0.25) is 0 Å². The van der Waals surface area contributed by atoms with E-state index in [4.69, 9.17) is 5.73 Å². The van der Waals surface area contributed by atoms with Gasteiger partial charge < -0.3 is 12.7 Å². The van der Waals surface area contributed by atoms with Crippen molar-refractivity contribution in [3.63, 3.8) is 0 Å². The van der Waals surface area contributed by atoms with Gasteiger partial charge in [0.2, 0.25) is 0 Å². The van der Waals surface area contributed by atoms with Gasteiger partial charge in [0.1, 0.15) is 0 Å². The van der Waals surface area contributed by atoms with Crippen LogP contribution in [0.4, 0.5) is 0 Å². The van der Waals surface area contributed by atoms with Crippen molar-refractivity contribution in [2.45, 2.75) is 32.1 Å². The third-order valence-electron chi connectivity index (χ3n) is 1.20. The van der Waals surface area contributed by atoms with Crippen LogP contribution in [0.25, 0.3) is 0 Å². The monoisotopic (exact) mass is 211 g/mol. The summed E-state index contributed by atoms with van der Waals surface area (Å²) in [5.74, 6) is 0. The Balaban J connectivity index is 0. The van der Waals surface area contributed by atoms with E-state index in [9.17, 15) is 0 Å². The summed E-state index contributed by atoms with van der Waals surface area (Å²) in [5, 5.41) is 0. The standard InChI is InChI=1S/C7H16N.Tc/c1-2-3-4-5-6-7-8;/h1-8H2;/q-1;. The number of hydrogen-bond acceptors (Lipinski definition) is 1. The molecule has 0 rings (SSSR count). The molecule has 0 amide bonds. The first-order chi connectivity index (χ1) is 3.91. The van der Waals surface area contributed by atoms with Crippen LogP contribution in [0.5, 0.6) is 0 Å². The molecule has 0 aromatic carbocycles. The zero-order chi connectivity index (χ0) is 6.24. The molecule has 0 aliphatic heterocycles. The van der Waals surface area contributed by atoms with Gasteiger partial charge in [0.15, 0.2) is 0 Å². The van der Waals surface area contributed by atoms with Crippen LogP contribution in [0.1, 0.15) is 32.1 Å². The SMILES string of the molecule is [CH2-]CCCCCCN.[Tc]. The molecule has 0 aromatic rings. The molecular formula is C7H16NTc-. The molecule has 0 bridgehead atoms. The van der Waals surface area contributed by atoms with Crippen LogP contribution in [0.15, 0.2) is 0 Å². The van der Waals surface area contributed by atoms with E-state index in [1.807, 2.05) is 0 Å². The van der Waals surface area contributed by atoms with Gasteiger partial charge in [-0.15, -0.1) is 0 Å². The smallest absolute Gasteiger partial charge is 0 e. The van der Waals surface area contributed by atoms with Crippen LogP contribution >= 0.6 is 0 Å².